The Bertz CT molecular complexity index is 1080. The first-order valence-electron chi connectivity index (χ1n) is 10.2. The molecule has 0 radical (unpaired) electrons. The van der Waals surface area contributed by atoms with Crippen LogP contribution in [0.1, 0.15) is 17.5 Å². The first kappa shape index (κ1) is 22.9. The second kappa shape index (κ2) is 8.56. The third-order valence-corrected chi connectivity index (χ3v) is 6.90. The number of nitrogens with one attached hydrogen (secondary N) is 1. The molecule has 9 heteroatoms. The lowest BCUT2D eigenvalue weighted by Crippen LogP contribution is -2.57. The summed E-state index contributed by atoms with van der Waals surface area (Å²) in [7, 11) is 6.53. The fourth-order valence-corrected chi connectivity index (χ4v) is 5.29. The van der Waals surface area contributed by atoms with Crippen LogP contribution < -0.4 is 10.1 Å². The van der Waals surface area contributed by atoms with Crippen molar-refractivity contribution < 1.29 is 19.1 Å². The maximum Gasteiger partial charge on any atom is 0.254 e. The molecule has 3 atom stereocenters. The number of carbonyl (C=O) groups excluding carboxylic acids is 2. The van der Waals surface area contributed by atoms with Gasteiger partial charge in [-0.25, -0.2) is 0 Å². The van der Waals surface area contributed by atoms with Crippen LogP contribution >= 0.6 is 23.2 Å². The van der Waals surface area contributed by atoms with Gasteiger partial charge in [-0.15, -0.1) is 0 Å². The second-order valence-corrected chi connectivity index (χ2v) is 8.99. The van der Waals surface area contributed by atoms with Crippen LogP contribution in [-0.4, -0.2) is 68.6 Å². The number of rotatable bonds is 5. The van der Waals surface area contributed by atoms with Crippen molar-refractivity contribution in [1.82, 2.24) is 9.80 Å². The van der Waals surface area contributed by atoms with E-state index in [0.717, 1.165) is 0 Å². The average molecular weight is 478 g/mol. The fourth-order valence-electron chi connectivity index (χ4n) is 4.78. The van der Waals surface area contributed by atoms with Gasteiger partial charge in [0.25, 0.3) is 5.91 Å². The van der Waals surface area contributed by atoms with Crippen LogP contribution in [0.3, 0.4) is 0 Å². The number of anilines is 1. The molecule has 1 saturated heterocycles. The normalized spacial score (nSPS) is 24.9. The van der Waals surface area contributed by atoms with Crippen molar-refractivity contribution in [2.45, 2.75) is 24.1 Å². The van der Waals surface area contributed by atoms with Gasteiger partial charge in [0.15, 0.2) is 5.54 Å². The number of hydrogen-bond donors (Lipinski definition) is 1. The predicted octanol–water partition coefficient (Wildman–Crippen LogP) is 3.38. The van der Waals surface area contributed by atoms with E-state index >= 15 is 0 Å². The molecule has 2 amide bonds. The Morgan fingerprint density at radius 3 is 2.50 bits per heavy atom. The first-order valence-corrected chi connectivity index (χ1v) is 11.0. The maximum absolute atomic E-state index is 13.9. The standard InChI is InChI=1S/C23H25Cl2N3O4/c1-27(2)21(29)19-9-13(31-3)12-28(19)23(14-7-5-6-8-16(14)24)15-10-17(25)20(32-4)11-18(15)26-22(23)30/h5-8,10-11,13,19H,9,12H2,1-4H3,(H,26,30)/t13-,19+,23?/m1/s1. The number of benzene rings is 2. The van der Waals surface area contributed by atoms with Crippen LogP contribution in [-0.2, 0) is 19.9 Å². The summed E-state index contributed by atoms with van der Waals surface area (Å²) in [6.45, 7) is 0.364. The Kier molecular flexibility index (Phi) is 6.11. The number of carbonyl (C=O) groups is 2. The molecular formula is C23H25Cl2N3O4. The van der Waals surface area contributed by atoms with E-state index in [1.807, 2.05) is 17.0 Å². The lowest BCUT2D eigenvalue weighted by Gasteiger charge is -2.41. The van der Waals surface area contributed by atoms with Crippen molar-refractivity contribution in [3.05, 3.63) is 57.6 Å². The highest BCUT2D eigenvalue weighted by atomic mass is 35.5. The molecule has 2 aliphatic heterocycles. The van der Waals surface area contributed by atoms with Crippen LogP contribution in [0.2, 0.25) is 10.0 Å². The number of likely N-dealkylation sites (N-methyl/N-ethyl adjacent to an activating group) is 1. The van der Waals surface area contributed by atoms with Gasteiger partial charge >= 0.3 is 0 Å². The molecule has 0 saturated carbocycles. The topological polar surface area (TPSA) is 71.1 Å². The summed E-state index contributed by atoms with van der Waals surface area (Å²) in [5, 5.41) is 3.75. The van der Waals surface area contributed by atoms with Crippen molar-refractivity contribution in [2.24, 2.45) is 0 Å². The molecule has 1 unspecified atom stereocenters. The molecule has 0 spiro atoms. The van der Waals surface area contributed by atoms with Crippen molar-refractivity contribution in [3.8, 4) is 5.75 Å². The molecule has 4 rings (SSSR count). The molecule has 0 bridgehead atoms. The highest BCUT2D eigenvalue weighted by molar-refractivity contribution is 6.33. The molecule has 2 aromatic rings. The van der Waals surface area contributed by atoms with Gasteiger partial charge < -0.3 is 19.7 Å². The molecule has 1 fully saturated rings. The fraction of sp³-hybridized carbons (Fsp3) is 0.391. The predicted molar refractivity (Wildman–Crippen MR) is 123 cm³/mol. The SMILES string of the molecule is COc1cc2c(cc1Cl)C(c1ccccc1Cl)(N1C[C@H](OC)C[C@H]1C(=O)N(C)C)C(=O)N2. The largest absolute Gasteiger partial charge is 0.495 e. The van der Waals surface area contributed by atoms with Gasteiger partial charge in [-0.1, -0.05) is 41.4 Å². The van der Waals surface area contributed by atoms with E-state index in [4.69, 9.17) is 32.7 Å². The number of ether oxygens (including phenoxy) is 2. The molecule has 1 N–H and O–H groups in total. The zero-order chi connectivity index (χ0) is 23.2. The van der Waals surface area contributed by atoms with E-state index in [-0.39, 0.29) is 17.9 Å². The van der Waals surface area contributed by atoms with Crippen LogP contribution in [0.4, 0.5) is 5.69 Å². The average Bonchev–Trinajstić information content (AvgIpc) is 3.32. The summed E-state index contributed by atoms with van der Waals surface area (Å²) < 4.78 is 11.0. The van der Waals surface area contributed by atoms with E-state index in [1.165, 1.54) is 12.0 Å². The van der Waals surface area contributed by atoms with Crippen molar-refractivity contribution in [3.63, 3.8) is 0 Å². The Morgan fingerprint density at radius 1 is 1.16 bits per heavy atom. The zero-order valence-electron chi connectivity index (χ0n) is 18.3. The van der Waals surface area contributed by atoms with E-state index in [1.54, 1.807) is 45.5 Å². The second-order valence-electron chi connectivity index (χ2n) is 8.17. The number of methoxy groups -OCH3 is 2. The summed E-state index contributed by atoms with van der Waals surface area (Å²) in [6, 6.07) is 10.00. The molecule has 2 aliphatic rings. The zero-order valence-corrected chi connectivity index (χ0v) is 19.8. The molecule has 170 valence electrons. The summed E-state index contributed by atoms with van der Waals surface area (Å²) in [4.78, 5) is 30.5. The van der Waals surface area contributed by atoms with Crippen LogP contribution in [0.15, 0.2) is 36.4 Å². The third kappa shape index (κ3) is 3.35. The molecule has 32 heavy (non-hydrogen) atoms. The molecule has 2 aromatic carbocycles. The highest BCUT2D eigenvalue weighted by Crippen LogP contribution is 2.52. The van der Waals surface area contributed by atoms with E-state index in [9.17, 15) is 9.59 Å². The van der Waals surface area contributed by atoms with Gasteiger partial charge in [-0.3, -0.25) is 14.5 Å². The van der Waals surface area contributed by atoms with Gasteiger partial charge in [-0.05, 0) is 18.6 Å². The maximum atomic E-state index is 13.9. The van der Waals surface area contributed by atoms with Gasteiger partial charge in [0, 0.05) is 50.0 Å². The molecule has 0 aromatic heterocycles. The summed E-state index contributed by atoms with van der Waals surface area (Å²) in [5.41, 5.74) is 0.392. The van der Waals surface area contributed by atoms with E-state index in [2.05, 4.69) is 5.32 Å². The monoisotopic (exact) mass is 477 g/mol. The van der Waals surface area contributed by atoms with Gasteiger partial charge in [0.1, 0.15) is 5.75 Å². The number of amides is 2. The molecular weight excluding hydrogens is 453 g/mol. The quantitative estimate of drug-likeness (QED) is 0.714. The Balaban J connectivity index is 2.02. The Morgan fingerprint density at radius 2 is 1.88 bits per heavy atom. The van der Waals surface area contributed by atoms with Crippen molar-refractivity contribution in [1.29, 1.82) is 0 Å². The van der Waals surface area contributed by atoms with E-state index in [0.29, 0.717) is 45.6 Å². The van der Waals surface area contributed by atoms with Crippen LogP contribution in [0.25, 0.3) is 0 Å². The molecule has 2 heterocycles. The number of nitrogens with zero attached hydrogens (tertiary/aromatic N) is 2. The number of halogens is 2. The number of fused-ring (bicyclic) bond motifs is 1. The summed E-state index contributed by atoms with van der Waals surface area (Å²) in [5.74, 6) is 0.0212. The van der Waals surface area contributed by atoms with Crippen molar-refractivity contribution in [2.75, 3.05) is 40.2 Å². The van der Waals surface area contributed by atoms with E-state index < -0.39 is 11.6 Å². The molecule has 7 nitrogen and oxygen atoms in total. The minimum atomic E-state index is -1.37. The highest BCUT2D eigenvalue weighted by Gasteiger charge is 2.59. The van der Waals surface area contributed by atoms with Crippen LogP contribution in [0.5, 0.6) is 5.75 Å². The smallest absolute Gasteiger partial charge is 0.254 e. The Hall–Kier alpha value is -2.32. The van der Waals surface area contributed by atoms with Crippen molar-refractivity contribution >= 4 is 40.7 Å². The van der Waals surface area contributed by atoms with Crippen LogP contribution in [0, 0.1) is 0 Å². The van der Waals surface area contributed by atoms with Gasteiger partial charge in [0.2, 0.25) is 5.91 Å². The number of hydrogen-bond acceptors (Lipinski definition) is 5. The molecule has 0 aliphatic carbocycles. The third-order valence-electron chi connectivity index (χ3n) is 6.27. The van der Waals surface area contributed by atoms with Gasteiger partial charge in [0.05, 0.1) is 30.0 Å². The Labute approximate surface area is 197 Å². The minimum absolute atomic E-state index is 0.114. The lowest BCUT2D eigenvalue weighted by atomic mass is 9.81. The minimum Gasteiger partial charge on any atom is -0.495 e. The lowest BCUT2D eigenvalue weighted by molar-refractivity contribution is -0.138. The summed E-state index contributed by atoms with van der Waals surface area (Å²) in [6.07, 6.45) is 0.223. The first-order chi connectivity index (χ1) is 15.2. The summed E-state index contributed by atoms with van der Waals surface area (Å²) >= 11 is 13.2. The number of likely N-dealkylation sites (tertiary alicyclic amines) is 1. The van der Waals surface area contributed by atoms with Gasteiger partial charge in [-0.2, -0.15) is 0 Å².